The Hall–Kier alpha value is -2.73. The van der Waals surface area contributed by atoms with Crippen molar-refractivity contribution in [2.75, 3.05) is 11.6 Å². The largest absolute Gasteiger partial charge is 0.280 e. The van der Waals surface area contributed by atoms with Gasteiger partial charge in [-0.05, 0) is 35.7 Å². The van der Waals surface area contributed by atoms with Crippen LogP contribution in [0.4, 0.5) is 10.1 Å². The summed E-state index contributed by atoms with van der Waals surface area (Å²) in [5.74, 6) is -1.36. The van der Waals surface area contributed by atoms with Crippen molar-refractivity contribution in [3.05, 3.63) is 66.0 Å². The van der Waals surface area contributed by atoms with Crippen LogP contribution in [-0.4, -0.2) is 29.4 Å². The van der Waals surface area contributed by atoms with Gasteiger partial charge in [-0.3, -0.25) is 19.3 Å². The number of amides is 2. The maximum Gasteiger partial charge on any atom is 0.262 e. The number of hydrogen-bond donors (Lipinski definition) is 0. The van der Waals surface area contributed by atoms with Gasteiger partial charge >= 0.3 is 0 Å². The Morgan fingerprint density at radius 2 is 1.67 bits per heavy atom. The Balaban J connectivity index is 1.76. The van der Waals surface area contributed by atoms with E-state index in [0.717, 1.165) is 11.3 Å². The highest BCUT2D eigenvalue weighted by atomic mass is 19.1. The minimum atomic E-state index is -0.855. The van der Waals surface area contributed by atoms with E-state index in [2.05, 4.69) is 0 Å². The third-order valence-electron chi connectivity index (χ3n) is 4.98. The zero-order valence-electron chi connectivity index (χ0n) is 15.2. The normalized spacial score (nSPS) is 24.8. The van der Waals surface area contributed by atoms with E-state index < -0.39 is 18.1 Å². The molecule has 0 saturated carbocycles. The Kier molecular flexibility index (Phi) is 4.44. The van der Waals surface area contributed by atoms with Crippen molar-refractivity contribution < 1.29 is 18.8 Å². The molecular formula is C21H21FN2O3. The zero-order valence-corrected chi connectivity index (χ0v) is 15.2. The standard InChI is InChI=1S/C21H21FN2O3/c1-13(2)12-23-20(25)17-18(14-8-10-15(22)11-9-14)24(27-19(17)21(23)26)16-6-4-3-5-7-16/h3-11,13,17-19H,12H2,1-2H3/t17-,18-,19+/m0/s1. The van der Waals surface area contributed by atoms with Crippen molar-refractivity contribution in [1.82, 2.24) is 4.90 Å². The second-order valence-electron chi connectivity index (χ2n) is 7.39. The third kappa shape index (κ3) is 3.00. The molecule has 140 valence electrons. The number of hydroxylamine groups is 1. The fourth-order valence-corrected chi connectivity index (χ4v) is 3.81. The molecule has 2 aromatic rings. The molecule has 2 aromatic carbocycles. The molecule has 2 fully saturated rings. The number of rotatable bonds is 4. The fraction of sp³-hybridized carbons (Fsp3) is 0.333. The molecule has 2 saturated heterocycles. The van der Waals surface area contributed by atoms with Crippen LogP contribution < -0.4 is 5.06 Å². The van der Waals surface area contributed by atoms with Gasteiger partial charge in [-0.15, -0.1) is 0 Å². The molecule has 0 unspecified atom stereocenters. The van der Waals surface area contributed by atoms with Gasteiger partial charge < -0.3 is 0 Å². The van der Waals surface area contributed by atoms with Crippen LogP contribution in [0.15, 0.2) is 54.6 Å². The van der Waals surface area contributed by atoms with E-state index in [-0.39, 0.29) is 23.5 Å². The number of imide groups is 1. The van der Waals surface area contributed by atoms with Crippen LogP contribution in [0.2, 0.25) is 0 Å². The number of carbonyl (C=O) groups is 2. The molecule has 6 heteroatoms. The van der Waals surface area contributed by atoms with E-state index in [9.17, 15) is 14.0 Å². The van der Waals surface area contributed by atoms with E-state index in [0.29, 0.717) is 6.54 Å². The first kappa shape index (κ1) is 17.7. The second-order valence-corrected chi connectivity index (χ2v) is 7.39. The Morgan fingerprint density at radius 3 is 2.30 bits per heavy atom. The number of halogens is 1. The van der Waals surface area contributed by atoms with Gasteiger partial charge in [-0.25, -0.2) is 9.45 Å². The number of anilines is 1. The lowest BCUT2D eigenvalue weighted by molar-refractivity contribution is -0.143. The highest BCUT2D eigenvalue weighted by Gasteiger charge is 2.59. The van der Waals surface area contributed by atoms with Gasteiger partial charge in [0, 0.05) is 6.54 Å². The minimum absolute atomic E-state index is 0.172. The summed E-state index contributed by atoms with van der Waals surface area (Å²) in [6.45, 7) is 4.29. The maximum absolute atomic E-state index is 13.4. The number of benzene rings is 2. The molecule has 2 aliphatic rings. The quantitative estimate of drug-likeness (QED) is 0.777. The van der Waals surface area contributed by atoms with Gasteiger partial charge in [0.1, 0.15) is 11.7 Å². The molecule has 5 nitrogen and oxygen atoms in total. The van der Waals surface area contributed by atoms with Crippen LogP contribution in [-0.2, 0) is 14.4 Å². The van der Waals surface area contributed by atoms with E-state index in [1.165, 1.54) is 17.0 Å². The average molecular weight is 368 g/mol. The number of likely N-dealkylation sites (tertiary alicyclic amines) is 1. The molecule has 0 bridgehead atoms. The topological polar surface area (TPSA) is 49.9 Å². The Morgan fingerprint density at radius 1 is 1.00 bits per heavy atom. The number of hydrogen-bond acceptors (Lipinski definition) is 4. The first-order valence-corrected chi connectivity index (χ1v) is 9.09. The number of carbonyl (C=O) groups excluding carboxylic acids is 2. The molecule has 27 heavy (non-hydrogen) atoms. The summed E-state index contributed by atoms with van der Waals surface area (Å²) in [6.07, 6.45) is -0.855. The van der Waals surface area contributed by atoms with E-state index >= 15 is 0 Å². The molecule has 0 aliphatic carbocycles. The molecule has 0 N–H and O–H groups in total. The van der Waals surface area contributed by atoms with Crippen LogP contribution in [0.5, 0.6) is 0 Å². The lowest BCUT2D eigenvalue weighted by atomic mass is 9.90. The molecule has 0 spiro atoms. The molecule has 4 rings (SSSR count). The Labute approximate surface area is 157 Å². The van der Waals surface area contributed by atoms with Gasteiger partial charge in [0.15, 0.2) is 6.10 Å². The predicted molar refractivity (Wildman–Crippen MR) is 98.0 cm³/mol. The summed E-state index contributed by atoms with van der Waals surface area (Å²) < 4.78 is 13.4. The average Bonchev–Trinajstić information content (AvgIpc) is 3.15. The molecule has 2 amide bonds. The van der Waals surface area contributed by atoms with E-state index in [1.54, 1.807) is 17.2 Å². The van der Waals surface area contributed by atoms with Crippen LogP contribution in [0.3, 0.4) is 0 Å². The number of para-hydroxylation sites is 1. The van der Waals surface area contributed by atoms with Crippen molar-refractivity contribution in [2.24, 2.45) is 11.8 Å². The van der Waals surface area contributed by atoms with Gasteiger partial charge in [0.2, 0.25) is 5.91 Å². The van der Waals surface area contributed by atoms with Crippen molar-refractivity contribution in [1.29, 1.82) is 0 Å². The van der Waals surface area contributed by atoms with Crippen molar-refractivity contribution in [3.63, 3.8) is 0 Å². The lowest BCUT2D eigenvalue weighted by Crippen LogP contribution is -2.39. The third-order valence-corrected chi connectivity index (χ3v) is 4.98. The van der Waals surface area contributed by atoms with Crippen molar-refractivity contribution in [3.8, 4) is 0 Å². The fourth-order valence-electron chi connectivity index (χ4n) is 3.81. The zero-order chi connectivity index (χ0) is 19.1. The summed E-state index contributed by atoms with van der Waals surface area (Å²) >= 11 is 0. The predicted octanol–water partition coefficient (Wildman–Crippen LogP) is 3.33. The van der Waals surface area contributed by atoms with Crippen molar-refractivity contribution >= 4 is 17.5 Å². The smallest absolute Gasteiger partial charge is 0.262 e. The lowest BCUT2D eigenvalue weighted by Gasteiger charge is -2.29. The Bertz CT molecular complexity index is 853. The summed E-state index contributed by atoms with van der Waals surface area (Å²) in [5, 5.41) is 1.62. The summed E-state index contributed by atoms with van der Waals surface area (Å²) in [7, 11) is 0. The van der Waals surface area contributed by atoms with Crippen LogP contribution in [0, 0.1) is 17.7 Å². The first-order valence-electron chi connectivity index (χ1n) is 9.09. The summed E-state index contributed by atoms with van der Waals surface area (Å²) in [4.78, 5) is 33.2. The molecule has 0 radical (unpaired) electrons. The number of fused-ring (bicyclic) bond motifs is 1. The van der Waals surface area contributed by atoms with E-state index in [1.807, 2.05) is 44.2 Å². The molecule has 2 heterocycles. The van der Waals surface area contributed by atoms with Gasteiger partial charge in [-0.2, -0.15) is 0 Å². The van der Waals surface area contributed by atoms with Crippen LogP contribution >= 0.6 is 0 Å². The number of nitrogens with zero attached hydrogens (tertiary/aromatic N) is 2. The van der Waals surface area contributed by atoms with Gasteiger partial charge in [-0.1, -0.05) is 44.2 Å². The molecule has 2 aliphatic heterocycles. The minimum Gasteiger partial charge on any atom is -0.280 e. The highest BCUT2D eigenvalue weighted by molar-refractivity contribution is 6.07. The summed E-state index contributed by atoms with van der Waals surface area (Å²) in [5.41, 5.74) is 1.48. The molecule has 0 aromatic heterocycles. The summed E-state index contributed by atoms with van der Waals surface area (Å²) in [6, 6.07) is 14.8. The van der Waals surface area contributed by atoms with Gasteiger partial charge in [0.05, 0.1) is 11.7 Å². The SMILES string of the molecule is CC(C)CN1C(=O)[C@@H]2[C@@H](ON(c3ccccc3)[C@H]2c2ccc(F)cc2)C1=O. The van der Waals surface area contributed by atoms with Crippen LogP contribution in [0.1, 0.15) is 25.5 Å². The molecular weight excluding hydrogens is 347 g/mol. The van der Waals surface area contributed by atoms with E-state index in [4.69, 9.17) is 4.84 Å². The second kappa shape index (κ2) is 6.78. The highest BCUT2D eigenvalue weighted by Crippen LogP contribution is 2.46. The first-order chi connectivity index (χ1) is 13.0. The van der Waals surface area contributed by atoms with Crippen LogP contribution in [0.25, 0.3) is 0 Å². The monoisotopic (exact) mass is 368 g/mol. The van der Waals surface area contributed by atoms with Gasteiger partial charge in [0.25, 0.3) is 5.91 Å². The molecule has 3 atom stereocenters. The van der Waals surface area contributed by atoms with Crippen molar-refractivity contribution in [2.45, 2.75) is 26.0 Å². The maximum atomic E-state index is 13.4.